The molecule has 10 aromatic rings. The van der Waals surface area contributed by atoms with Crippen LogP contribution in [0.2, 0.25) is 0 Å². The van der Waals surface area contributed by atoms with Crippen LogP contribution in [0.25, 0.3) is 89.1 Å². The Morgan fingerprint density at radius 1 is 0.373 bits per heavy atom. The first kappa shape index (κ1) is 43.1. The maximum Gasteiger partial charge on any atom is 4.00 e. The number of hydrogen-bond acceptors (Lipinski definition) is 2. The average molecular weight is 885 g/mol. The summed E-state index contributed by atoms with van der Waals surface area (Å²) in [5.41, 5.74) is 12.2. The monoisotopic (exact) mass is 882 g/mol. The molecule has 10 rings (SSSR count). The second-order valence-electron chi connectivity index (χ2n) is 14.3. The van der Waals surface area contributed by atoms with Crippen LogP contribution >= 0.6 is 0 Å². The van der Waals surface area contributed by atoms with Crippen LogP contribution < -0.4 is 24.8 Å². The molecule has 0 saturated carbocycles. The molecule has 5 heteroatoms. The summed E-state index contributed by atoms with van der Waals surface area (Å²) in [4.78, 5) is 0. The number of halogens is 2. The van der Waals surface area contributed by atoms with Crippen molar-refractivity contribution in [1.29, 1.82) is 0 Å². The topological polar surface area (TPSA) is 26.3 Å². The molecule has 2 aromatic heterocycles. The standard InChI is InChI=1S/2C27H21O.2ClH.Zr/c2*1-2-19-11-13-20(14-12-19)24-10-6-9-22-17-23(18-25(22)24)27-16-15-26(28-27)21-7-4-3-5-8-21;;;/h2*3-18H,2H2,1H3;2*1H;/q2*-1;;;+4/p-2. The van der Waals surface area contributed by atoms with Crippen LogP contribution in [-0.4, -0.2) is 0 Å². The molecule has 0 unspecified atom stereocenters. The maximum atomic E-state index is 6.16. The molecule has 0 aliphatic rings. The Bertz CT molecular complexity index is 2660. The van der Waals surface area contributed by atoms with E-state index >= 15 is 0 Å². The molecule has 59 heavy (non-hydrogen) atoms. The Kier molecular flexibility index (Phi) is 14.3. The minimum absolute atomic E-state index is 0. The average Bonchev–Trinajstić information content (AvgIpc) is 4.10. The van der Waals surface area contributed by atoms with E-state index in [1.54, 1.807) is 0 Å². The zero-order chi connectivity index (χ0) is 37.8. The molecule has 0 spiro atoms. The van der Waals surface area contributed by atoms with Gasteiger partial charge in [0.2, 0.25) is 0 Å². The Labute approximate surface area is 378 Å². The van der Waals surface area contributed by atoms with E-state index in [1.807, 2.05) is 48.5 Å². The Hall–Kier alpha value is -5.44. The third-order valence-corrected chi connectivity index (χ3v) is 10.7. The summed E-state index contributed by atoms with van der Waals surface area (Å²) in [6.45, 7) is 4.37. The minimum atomic E-state index is 0. The van der Waals surface area contributed by atoms with Crippen molar-refractivity contribution in [2.45, 2.75) is 26.7 Å². The van der Waals surface area contributed by atoms with Gasteiger partial charge in [0.25, 0.3) is 0 Å². The molecule has 2 nitrogen and oxygen atoms in total. The van der Waals surface area contributed by atoms with Crippen LogP contribution in [0.15, 0.2) is 203 Å². The summed E-state index contributed by atoms with van der Waals surface area (Å²) in [6.07, 6.45) is 2.13. The van der Waals surface area contributed by atoms with Gasteiger partial charge in [-0.15, -0.1) is 57.9 Å². The fourth-order valence-electron chi connectivity index (χ4n) is 7.60. The number of aryl methyl sites for hydroxylation is 2. The Balaban J connectivity index is 0.000000189. The van der Waals surface area contributed by atoms with Gasteiger partial charge in [-0.1, -0.05) is 170 Å². The van der Waals surface area contributed by atoms with Crippen LogP contribution in [-0.2, 0) is 39.0 Å². The second kappa shape index (κ2) is 19.5. The van der Waals surface area contributed by atoms with E-state index in [0.29, 0.717) is 0 Å². The van der Waals surface area contributed by atoms with Gasteiger partial charge in [-0.25, -0.2) is 0 Å². The predicted octanol–water partition coefficient (Wildman–Crippen LogP) is 9.44. The first-order valence-electron chi connectivity index (χ1n) is 19.5. The van der Waals surface area contributed by atoms with Gasteiger partial charge in [0.15, 0.2) is 0 Å². The molecule has 0 N–H and O–H groups in total. The van der Waals surface area contributed by atoms with E-state index in [9.17, 15) is 0 Å². The number of furan rings is 2. The molecule has 0 bridgehead atoms. The quantitative estimate of drug-likeness (QED) is 0.142. The zero-order valence-corrected chi connectivity index (χ0v) is 36.9. The van der Waals surface area contributed by atoms with E-state index < -0.39 is 0 Å². The van der Waals surface area contributed by atoms with Gasteiger partial charge in [-0.3, -0.25) is 0 Å². The van der Waals surface area contributed by atoms with Crippen molar-refractivity contribution in [3.05, 3.63) is 205 Å². The van der Waals surface area contributed by atoms with E-state index in [0.717, 1.165) is 58.1 Å². The van der Waals surface area contributed by atoms with Gasteiger partial charge >= 0.3 is 26.2 Å². The number of hydrogen-bond donors (Lipinski definition) is 0. The maximum absolute atomic E-state index is 6.16. The summed E-state index contributed by atoms with van der Waals surface area (Å²) in [5, 5.41) is 5.01. The van der Waals surface area contributed by atoms with Crippen molar-refractivity contribution < 1.29 is 59.9 Å². The summed E-state index contributed by atoms with van der Waals surface area (Å²) >= 11 is 0. The molecule has 0 aliphatic carbocycles. The normalized spacial score (nSPS) is 10.6. The number of rotatable bonds is 8. The molecule has 0 fully saturated rings. The third kappa shape index (κ3) is 9.25. The van der Waals surface area contributed by atoms with Gasteiger partial charge < -0.3 is 33.6 Å². The zero-order valence-electron chi connectivity index (χ0n) is 33.0. The molecule has 0 radical (unpaired) electrons. The summed E-state index contributed by atoms with van der Waals surface area (Å²) in [7, 11) is 0. The van der Waals surface area contributed by atoms with Gasteiger partial charge in [-0.05, 0) is 59.4 Å². The SMILES string of the molecule is CCc1ccc(-c2cccc3[cH-]c(-c4ccc(-c5ccccc5)o4)cc23)cc1.CCc1ccc(-c2cccc3[cH-]c(-c4ccc(-c5ccccc5)o4)cc23)cc1.[Cl-].[Cl-].[Zr+4]. The Morgan fingerprint density at radius 2 is 0.746 bits per heavy atom. The molecule has 0 aliphatic heterocycles. The molecule has 2 heterocycles. The first-order chi connectivity index (χ1) is 27.6. The summed E-state index contributed by atoms with van der Waals surface area (Å²) in [6, 6.07) is 68.4. The largest absolute Gasteiger partial charge is 4.00 e. The van der Waals surface area contributed by atoms with Crippen molar-refractivity contribution >= 4 is 21.5 Å². The van der Waals surface area contributed by atoms with Crippen LogP contribution in [0.1, 0.15) is 25.0 Å². The molecular formula is C54H42Cl2O2Zr. The van der Waals surface area contributed by atoms with E-state index in [1.165, 1.54) is 54.9 Å². The first-order valence-corrected chi connectivity index (χ1v) is 19.5. The van der Waals surface area contributed by atoms with E-state index in [2.05, 4.69) is 159 Å². The molecule has 8 aromatic carbocycles. The van der Waals surface area contributed by atoms with Gasteiger partial charge in [0, 0.05) is 11.1 Å². The van der Waals surface area contributed by atoms with E-state index in [-0.39, 0.29) is 51.0 Å². The summed E-state index contributed by atoms with van der Waals surface area (Å²) in [5.74, 6) is 3.61. The van der Waals surface area contributed by atoms with Crippen molar-refractivity contribution in [2.75, 3.05) is 0 Å². The van der Waals surface area contributed by atoms with Crippen molar-refractivity contribution in [2.24, 2.45) is 0 Å². The molecular weight excluding hydrogens is 843 g/mol. The van der Waals surface area contributed by atoms with Gasteiger partial charge in [-0.2, -0.15) is 0 Å². The van der Waals surface area contributed by atoms with Gasteiger partial charge in [0.1, 0.15) is 11.5 Å². The molecule has 0 amide bonds. The van der Waals surface area contributed by atoms with Crippen molar-refractivity contribution in [3.8, 4) is 67.5 Å². The van der Waals surface area contributed by atoms with Crippen LogP contribution in [0.5, 0.6) is 0 Å². The van der Waals surface area contributed by atoms with Gasteiger partial charge in [0.05, 0.1) is 11.5 Å². The van der Waals surface area contributed by atoms with E-state index in [4.69, 9.17) is 8.83 Å². The second-order valence-corrected chi connectivity index (χ2v) is 14.3. The van der Waals surface area contributed by atoms with Crippen LogP contribution in [0.4, 0.5) is 0 Å². The van der Waals surface area contributed by atoms with Crippen LogP contribution in [0.3, 0.4) is 0 Å². The molecule has 288 valence electrons. The smallest absolute Gasteiger partial charge is 1.00 e. The number of fused-ring (bicyclic) bond motifs is 2. The van der Waals surface area contributed by atoms with Crippen molar-refractivity contribution in [3.63, 3.8) is 0 Å². The summed E-state index contributed by atoms with van der Waals surface area (Å²) < 4.78 is 12.3. The molecule has 0 atom stereocenters. The minimum Gasteiger partial charge on any atom is -1.00 e. The third-order valence-electron chi connectivity index (χ3n) is 10.7. The van der Waals surface area contributed by atoms with Crippen LogP contribution in [0, 0.1) is 0 Å². The fourth-order valence-corrected chi connectivity index (χ4v) is 7.60. The predicted molar refractivity (Wildman–Crippen MR) is 235 cm³/mol. The fraction of sp³-hybridized carbons (Fsp3) is 0.0741. The number of benzene rings is 6. The van der Waals surface area contributed by atoms with Crippen molar-refractivity contribution in [1.82, 2.24) is 0 Å². The Morgan fingerprint density at radius 3 is 1.12 bits per heavy atom. The molecule has 0 saturated heterocycles.